The number of rotatable bonds is 7. The summed E-state index contributed by atoms with van der Waals surface area (Å²) in [4.78, 5) is 11.6. The second kappa shape index (κ2) is 6.32. The third-order valence-corrected chi connectivity index (χ3v) is 3.47. The molecule has 0 aliphatic carbocycles. The van der Waals surface area contributed by atoms with E-state index in [0.29, 0.717) is 38.4 Å². The molecular formula is C15H19NO5. The van der Waals surface area contributed by atoms with Crippen LogP contribution < -0.4 is 14.8 Å². The van der Waals surface area contributed by atoms with Gasteiger partial charge < -0.3 is 24.3 Å². The highest BCUT2D eigenvalue weighted by molar-refractivity contribution is 5.96. The van der Waals surface area contributed by atoms with E-state index in [2.05, 4.69) is 5.32 Å². The molecule has 6 heteroatoms. The lowest BCUT2D eigenvalue weighted by molar-refractivity contribution is -0.116. The molecule has 1 amide bonds. The summed E-state index contributed by atoms with van der Waals surface area (Å²) in [5, 5.41) is 2.88. The van der Waals surface area contributed by atoms with Crippen LogP contribution in [0.4, 0.5) is 5.69 Å². The molecule has 1 N–H and O–H groups in total. The summed E-state index contributed by atoms with van der Waals surface area (Å²) < 4.78 is 21.6. The number of nitrogens with one attached hydrogen (secondary N) is 1. The fraction of sp³-hybridized carbons (Fsp3) is 0.533. The number of hydrogen-bond acceptors (Lipinski definition) is 5. The molecule has 0 radical (unpaired) electrons. The summed E-state index contributed by atoms with van der Waals surface area (Å²) in [6, 6.07) is 3.71. The Morgan fingerprint density at radius 2 is 2.05 bits per heavy atom. The molecule has 114 valence electrons. The van der Waals surface area contributed by atoms with E-state index < -0.39 is 0 Å². The van der Waals surface area contributed by atoms with E-state index in [4.69, 9.17) is 18.9 Å². The number of ether oxygens (including phenoxy) is 4. The topological polar surface area (TPSA) is 69.3 Å². The van der Waals surface area contributed by atoms with Crippen molar-refractivity contribution in [2.24, 2.45) is 0 Å². The van der Waals surface area contributed by atoms with Gasteiger partial charge in [0.1, 0.15) is 30.8 Å². The zero-order chi connectivity index (χ0) is 14.7. The van der Waals surface area contributed by atoms with Crippen molar-refractivity contribution in [1.29, 1.82) is 0 Å². The Morgan fingerprint density at radius 1 is 1.24 bits per heavy atom. The molecule has 3 rings (SSSR count). The molecule has 2 aliphatic rings. The van der Waals surface area contributed by atoms with Gasteiger partial charge in [-0.2, -0.15) is 0 Å². The molecule has 1 aromatic carbocycles. The predicted octanol–water partition coefficient (Wildman–Crippen LogP) is 1.37. The standard InChI is InChI=1S/C15H19NO5/c1-18-6-7-19-13-4-3-12(21-9-10-8-20-10)11-2-5-14(17)16-15(11)13/h3-4,10H,2,5-9H2,1H3,(H,16,17). The molecule has 0 saturated carbocycles. The van der Waals surface area contributed by atoms with Gasteiger partial charge in [-0.25, -0.2) is 0 Å². The van der Waals surface area contributed by atoms with Crippen molar-refractivity contribution in [3.63, 3.8) is 0 Å². The molecule has 1 aromatic rings. The molecule has 1 saturated heterocycles. The summed E-state index contributed by atoms with van der Waals surface area (Å²) >= 11 is 0. The molecule has 1 unspecified atom stereocenters. The van der Waals surface area contributed by atoms with E-state index in [0.717, 1.165) is 23.6 Å². The van der Waals surface area contributed by atoms with Crippen LogP contribution in [0.3, 0.4) is 0 Å². The molecule has 2 aliphatic heterocycles. The molecule has 21 heavy (non-hydrogen) atoms. The first kappa shape index (κ1) is 14.2. The maximum Gasteiger partial charge on any atom is 0.224 e. The van der Waals surface area contributed by atoms with E-state index in [1.165, 1.54) is 0 Å². The Morgan fingerprint density at radius 3 is 2.81 bits per heavy atom. The van der Waals surface area contributed by atoms with Crippen LogP contribution in [0.25, 0.3) is 0 Å². The molecule has 2 heterocycles. The number of amides is 1. The maximum atomic E-state index is 11.6. The van der Waals surface area contributed by atoms with Gasteiger partial charge >= 0.3 is 0 Å². The van der Waals surface area contributed by atoms with Gasteiger partial charge in [-0.05, 0) is 18.6 Å². The average molecular weight is 293 g/mol. The third kappa shape index (κ3) is 3.46. The van der Waals surface area contributed by atoms with Gasteiger partial charge in [0.15, 0.2) is 0 Å². The van der Waals surface area contributed by atoms with Crippen molar-refractivity contribution in [2.45, 2.75) is 18.9 Å². The Balaban J connectivity index is 1.79. The number of benzene rings is 1. The lowest BCUT2D eigenvalue weighted by Gasteiger charge is -2.23. The molecular weight excluding hydrogens is 274 g/mol. The van der Waals surface area contributed by atoms with Gasteiger partial charge in [0.25, 0.3) is 0 Å². The van der Waals surface area contributed by atoms with Crippen molar-refractivity contribution in [3.05, 3.63) is 17.7 Å². The van der Waals surface area contributed by atoms with Crippen molar-refractivity contribution in [2.75, 3.05) is 38.9 Å². The zero-order valence-corrected chi connectivity index (χ0v) is 12.0. The fourth-order valence-electron chi connectivity index (χ4n) is 2.27. The van der Waals surface area contributed by atoms with Crippen LogP contribution in [0.15, 0.2) is 12.1 Å². The second-order valence-electron chi connectivity index (χ2n) is 5.07. The third-order valence-electron chi connectivity index (χ3n) is 3.47. The van der Waals surface area contributed by atoms with Crippen LogP contribution in [0.1, 0.15) is 12.0 Å². The Hall–Kier alpha value is -1.79. The second-order valence-corrected chi connectivity index (χ2v) is 5.07. The number of carbonyl (C=O) groups is 1. The van der Waals surface area contributed by atoms with Gasteiger partial charge in [-0.1, -0.05) is 0 Å². The van der Waals surface area contributed by atoms with E-state index in [-0.39, 0.29) is 12.0 Å². The lowest BCUT2D eigenvalue weighted by Crippen LogP contribution is -2.21. The van der Waals surface area contributed by atoms with E-state index in [1.54, 1.807) is 7.11 Å². The highest BCUT2D eigenvalue weighted by Crippen LogP contribution is 2.39. The molecule has 0 bridgehead atoms. The Kier molecular flexibility index (Phi) is 4.26. The number of hydrogen-bond donors (Lipinski definition) is 1. The van der Waals surface area contributed by atoms with Gasteiger partial charge in [0, 0.05) is 19.1 Å². The van der Waals surface area contributed by atoms with E-state index in [9.17, 15) is 4.79 Å². The molecule has 0 spiro atoms. The summed E-state index contributed by atoms with van der Waals surface area (Å²) in [7, 11) is 1.62. The van der Waals surface area contributed by atoms with Crippen LogP contribution in [0.2, 0.25) is 0 Å². The highest BCUT2D eigenvalue weighted by Gasteiger charge is 2.26. The van der Waals surface area contributed by atoms with Crippen molar-refractivity contribution in [1.82, 2.24) is 0 Å². The normalized spacial score (nSPS) is 19.7. The first-order valence-electron chi connectivity index (χ1n) is 7.10. The van der Waals surface area contributed by atoms with E-state index >= 15 is 0 Å². The minimum absolute atomic E-state index is 0.00164. The highest BCUT2D eigenvalue weighted by atomic mass is 16.6. The zero-order valence-electron chi connectivity index (χ0n) is 12.0. The monoisotopic (exact) mass is 293 g/mol. The minimum Gasteiger partial charge on any atom is -0.490 e. The van der Waals surface area contributed by atoms with Crippen LogP contribution in [-0.4, -0.2) is 45.5 Å². The van der Waals surface area contributed by atoms with Crippen LogP contribution in [-0.2, 0) is 20.7 Å². The van der Waals surface area contributed by atoms with Crippen molar-refractivity contribution >= 4 is 11.6 Å². The maximum absolute atomic E-state index is 11.6. The molecule has 1 atom stereocenters. The number of anilines is 1. The number of fused-ring (bicyclic) bond motifs is 1. The van der Waals surface area contributed by atoms with Crippen LogP contribution >= 0.6 is 0 Å². The SMILES string of the molecule is COCCOc1ccc(OCC2CO2)c2c1NC(=O)CC2. The largest absolute Gasteiger partial charge is 0.490 e. The predicted molar refractivity (Wildman–Crippen MR) is 76.0 cm³/mol. The first-order chi connectivity index (χ1) is 10.3. The molecule has 1 fully saturated rings. The number of methoxy groups -OCH3 is 1. The summed E-state index contributed by atoms with van der Waals surface area (Å²) in [5.41, 5.74) is 1.71. The van der Waals surface area contributed by atoms with Gasteiger partial charge in [-0.15, -0.1) is 0 Å². The first-order valence-corrected chi connectivity index (χ1v) is 7.10. The fourth-order valence-corrected chi connectivity index (χ4v) is 2.27. The van der Waals surface area contributed by atoms with Gasteiger partial charge in [0.05, 0.1) is 18.9 Å². The smallest absolute Gasteiger partial charge is 0.224 e. The van der Waals surface area contributed by atoms with Gasteiger partial charge in [-0.3, -0.25) is 4.79 Å². The Bertz CT molecular complexity index is 527. The summed E-state index contributed by atoms with van der Waals surface area (Å²) in [6.45, 7) is 2.25. The van der Waals surface area contributed by atoms with Crippen molar-refractivity contribution < 1.29 is 23.7 Å². The minimum atomic E-state index is 0.00164. The van der Waals surface area contributed by atoms with Crippen LogP contribution in [0.5, 0.6) is 11.5 Å². The summed E-state index contributed by atoms with van der Waals surface area (Å²) in [5.74, 6) is 1.45. The number of epoxide rings is 1. The lowest BCUT2D eigenvalue weighted by atomic mass is 10.0. The van der Waals surface area contributed by atoms with Crippen molar-refractivity contribution in [3.8, 4) is 11.5 Å². The molecule has 6 nitrogen and oxygen atoms in total. The van der Waals surface area contributed by atoms with E-state index in [1.807, 2.05) is 12.1 Å². The van der Waals surface area contributed by atoms with Crippen LogP contribution in [0, 0.1) is 0 Å². The molecule has 0 aromatic heterocycles. The average Bonchev–Trinajstić information content (AvgIpc) is 3.30. The quantitative estimate of drug-likeness (QED) is 0.607. The van der Waals surface area contributed by atoms with Gasteiger partial charge in [0.2, 0.25) is 5.91 Å². The Labute approximate surface area is 123 Å². The number of carbonyl (C=O) groups excluding carboxylic acids is 1. The summed E-state index contributed by atoms with van der Waals surface area (Å²) in [6.07, 6.45) is 1.32.